The second-order valence-electron chi connectivity index (χ2n) is 5.45. The molecule has 1 fully saturated rings. The fraction of sp³-hybridized carbons (Fsp3) is 0.438. The lowest BCUT2D eigenvalue weighted by atomic mass is 9.83. The summed E-state index contributed by atoms with van der Waals surface area (Å²) in [6, 6.07) is 6.41. The van der Waals surface area contributed by atoms with Gasteiger partial charge in [-0.3, -0.25) is 0 Å². The lowest BCUT2D eigenvalue weighted by Gasteiger charge is -2.34. The lowest BCUT2D eigenvalue weighted by molar-refractivity contribution is -0.154. The molecule has 2 rings (SSSR count). The van der Waals surface area contributed by atoms with E-state index in [9.17, 15) is 15.0 Å². The maximum absolute atomic E-state index is 11.8. The van der Waals surface area contributed by atoms with Crippen LogP contribution in [-0.4, -0.2) is 39.6 Å². The molecule has 5 nitrogen and oxygen atoms in total. The third kappa shape index (κ3) is 4.31. The Morgan fingerprint density at radius 3 is 2.57 bits per heavy atom. The minimum Gasteiger partial charge on any atom is -0.508 e. The zero-order chi connectivity index (χ0) is 15.4. The predicted octanol–water partition coefficient (Wildman–Crippen LogP) is 1.47. The molecule has 1 saturated carbocycles. The quantitative estimate of drug-likeness (QED) is 0.580. The molecule has 3 N–H and O–H groups in total. The van der Waals surface area contributed by atoms with E-state index in [1.54, 1.807) is 25.1 Å². The van der Waals surface area contributed by atoms with E-state index >= 15 is 0 Å². The summed E-state index contributed by atoms with van der Waals surface area (Å²) in [6.07, 6.45) is 1.76. The topological polar surface area (TPSA) is 87.0 Å². The number of esters is 1. The van der Waals surface area contributed by atoms with Crippen LogP contribution in [0.25, 0.3) is 6.08 Å². The summed E-state index contributed by atoms with van der Waals surface area (Å²) in [4.78, 5) is 11.8. The summed E-state index contributed by atoms with van der Waals surface area (Å²) in [7, 11) is 0. The van der Waals surface area contributed by atoms with Crippen LogP contribution in [0.4, 0.5) is 0 Å². The van der Waals surface area contributed by atoms with E-state index in [4.69, 9.17) is 9.84 Å². The molecule has 0 radical (unpaired) electrons. The molecule has 114 valence electrons. The van der Waals surface area contributed by atoms with E-state index in [2.05, 4.69) is 0 Å². The van der Waals surface area contributed by atoms with Crippen molar-refractivity contribution in [1.82, 2.24) is 0 Å². The van der Waals surface area contributed by atoms with Crippen LogP contribution in [0.5, 0.6) is 5.75 Å². The van der Waals surface area contributed by atoms with Crippen molar-refractivity contribution in [3.05, 3.63) is 35.9 Å². The highest BCUT2D eigenvalue weighted by molar-refractivity contribution is 5.87. The number of carbonyl (C=O) groups excluding carboxylic acids is 1. The number of hydrogen-bond donors (Lipinski definition) is 3. The molecule has 0 aliphatic heterocycles. The Kier molecular flexibility index (Phi) is 4.98. The van der Waals surface area contributed by atoms with Crippen LogP contribution in [-0.2, 0) is 9.53 Å². The van der Waals surface area contributed by atoms with Crippen molar-refractivity contribution in [2.24, 2.45) is 5.92 Å². The number of benzene rings is 1. The van der Waals surface area contributed by atoms with Gasteiger partial charge in [0.25, 0.3) is 0 Å². The van der Waals surface area contributed by atoms with Gasteiger partial charge in [-0.05, 0) is 30.2 Å². The predicted molar refractivity (Wildman–Crippen MR) is 77.4 cm³/mol. The summed E-state index contributed by atoms with van der Waals surface area (Å²) in [5.41, 5.74) is 0.765. The number of aromatic hydroxyl groups is 1. The molecular weight excluding hydrogens is 272 g/mol. The standard InChI is InChI=1S/C16H20O5/c1-10-14(19)8-13(18)9-15(10)21-16(20)7-4-11-2-5-12(17)6-3-11/h2-7,10,13-15,17-19H,8-9H2,1H3/b7-4+. The van der Waals surface area contributed by atoms with Crippen molar-refractivity contribution in [3.63, 3.8) is 0 Å². The molecule has 0 aromatic heterocycles. The molecule has 0 bridgehead atoms. The van der Waals surface area contributed by atoms with Gasteiger partial charge in [0.1, 0.15) is 11.9 Å². The van der Waals surface area contributed by atoms with Gasteiger partial charge in [0.05, 0.1) is 12.2 Å². The molecule has 0 amide bonds. The first kappa shape index (κ1) is 15.5. The Balaban J connectivity index is 1.93. The largest absolute Gasteiger partial charge is 0.508 e. The van der Waals surface area contributed by atoms with Gasteiger partial charge in [-0.1, -0.05) is 19.1 Å². The van der Waals surface area contributed by atoms with Gasteiger partial charge < -0.3 is 20.1 Å². The van der Waals surface area contributed by atoms with Crippen LogP contribution in [0, 0.1) is 5.92 Å². The van der Waals surface area contributed by atoms with Crippen molar-refractivity contribution in [2.45, 2.75) is 38.1 Å². The van der Waals surface area contributed by atoms with E-state index in [0.717, 1.165) is 5.56 Å². The van der Waals surface area contributed by atoms with Gasteiger partial charge in [0.2, 0.25) is 0 Å². The van der Waals surface area contributed by atoms with E-state index < -0.39 is 24.3 Å². The first-order chi connectivity index (χ1) is 9.95. The molecule has 4 atom stereocenters. The SMILES string of the molecule is CC1C(O)CC(O)CC1OC(=O)/C=C/c1ccc(O)cc1. The summed E-state index contributed by atoms with van der Waals surface area (Å²) in [6.45, 7) is 1.80. The van der Waals surface area contributed by atoms with Crippen molar-refractivity contribution in [3.8, 4) is 5.75 Å². The molecule has 0 saturated heterocycles. The Morgan fingerprint density at radius 2 is 1.90 bits per heavy atom. The smallest absolute Gasteiger partial charge is 0.331 e. The average Bonchev–Trinajstić information content (AvgIpc) is 2.43. The first-order valence-electron chi connectivity index (χ1n) is 6.99. The van der Waals surface area contributed by atoms with Crippen molar-refractivity contribution in [1.29, 1.82) is 0 Å². The van der Waals surface area contributed by atoms with Crippen LogP contribution >= 0.6 is 0 Å². The maximum Gasteiger partial charge on any atom is 0.331 e. The Labute approximate surface area is 123 Å². The molecule has 5 heteroatoms. The Morgan fingerprint density at radius 1 is 1.24 bits per heavy atom. The van der Waals surface area contributed by atoms with Crippen LogP contribution in [0.2, 0.25) is 0 Å². The normalized spacial score (nSPS) is 29.5. The third-order valence-corrected chi connectivity index (χ3v) is 3.78. The minimum absolute atomic E-state index is 0.161. The number of rotatable bonds is 3. The Bertz CT molecular complexity index is 508. The molecule has 1 aliphatic rings. The van der Waals surface area contributed by atoms with Crippen LogP contribution in [0.15, 0.2) is 30.3 Å². The van der Waals surface area contributed by atoms with Crippen molar-refractivity contribution in [2.75, 3.05) is 0 Å². The summed E-state index contributed by atoms with van der Waals surface area (Å²) in [5, 5.41) is 28.6. The number of carbonyl (C=O) groups is 1. The summed E-state index contributed by atoms with van der Waals surface area (Å²) in [5.74, 6) is -0.547. The molecule has 1 aromatic carbocycles. The van der Waals surface area contributed by atoms with E-state index in [0.29, 0.717) is 12.8 Å². The van der Waals surface area contributed by atoms with Crippen LogP contribution in [0.1, 0.15) is 25.3 Å². The number of hydrogen-bond acceptors (Lipinski definition) is 5. The lowest BCUT2D eigenvalue weighted by Crippen LogP contribution is -2.42. The fourth-order valence-corrected chi connectivity index (χ4v) is 2.41. The van der Waals surface area contributed by atoms with Crippen LogP contribution in [0.3, 0.4) is 0 Å². The number of aliphatic hydroxyl groups is 2. The van der Waals surface area contributed by atoms with Gasteiger partial charge in [-0.2, -0.15) is 0 Å². The van der Waals surface area contributed by atoms with Gasteiger partial charge in [-0.15, -0.1) is 0 Å². The highest BCUT2D eigenvalue weighted by Gasteiger charge is 2.35. The average molecular weight is 292 g/mol. The molecule has 1 aromatic rings. The minimum atomic E-state index is -0.660. The monoisotopic (exact) mass is 292 g/mol. The van der Waals surface area contributed by atoms with E-state index in [1.165, 1.54) is 18.2 Å². The Hall–Kier alpha value is -1.85. The first-order valence-corrected chi connectivity index (χ1v) is 6.99. The number of ether oxygens (including phenoxy) is 1. The summed E-state index contributed by atoms with van der Waals surface area (Å²) >= 11 is 0. The van der Waals surface area contributed by atoms with Crippen molar-refractivity contribution < 1.29 is 24.9 Å². The van der Waals surface area contributed by atoms with Crippen LogP contribution < -0.4 is 0 Å². The highest BCUT2D eigenvalue weighted by Crippen LogP contribution is 2.27. The van der Waals surface area contributed by atoms with Crippen molar-refractivity contribution >= 4 is 12.0 Å². The van der Waals surface area contributed by atoms with Gasteiger partial charge >= 0.3 is 5.97 Å². The van der Waals surface area contributed by atoms with Gasteiger partial charge in [0.15, 0.2) is 0 Å². The van der Waals surface area contributed by atoms with E-state index in [1.807, 2.05) is 0 Å². The molecular formula is C16H20O5. The molecule has 21 heavy (non-hydrogen) atoms. The fourth-order valence-electron chi connectivity index (χ4n) is 2.41. The summed E-state index contributed by atoms with van der Waals surface area (Å²) < 4.78 is 5.29. The number of phenols is 1. The zero-order valence-electron chi connectivity index (χ0n) is 11.8. The molecule has 4 unspecified atom stereocenters. The number of aliphatic hydroxyl groups excluding tert-OH is 2. The van der Waals surface area contributed by atoms with Gasteiger partial charge in [-0.25, -0.2) is 4.79 Å². The second kappa shape index (κ2) is 6.74. The second-order valence-corrected chi connectivity index (χ2v) is 5.45. The molecule has 0 heterocycles. The number of phenolic OH excluding ortho intramolecular Hbond substituents is 1. The van der Waals surface area contributed by atoms with E-state index in [-0.39, 0.29) is 11.7 Å². The molecule has 0 spiro atoms. The highest BCUT2D eigenvalue weighted by atomic mass is 16.5. The molecule has 1 aliphatic carbocycles. The zero-order valence-corrected chi connectivity index (χ0v) is 11.8. The third-order valence-electron chi connectivity index (χ3n) is 3.78. The maximum atomic E-state index is 11.8. The van der Waals surface area contributed by atoms with Gasteiger partial charge in [0, 0.05) is 18.4 Å².